The third-order valence-corrected chi connectivity index (χ3v) is 3.23. The molecule has 0 radical (unpaired) electrons. The normalized spacial score (nSPS) is 10.6. The molecule has 4 nitrogen and oxygen atoms in total. The van der Waals surface area contributed by atoms with Crippen LogP contribution in [0, 0.1) is 0 Å². The first-order valence-electron chi connectivity index (χ1n) is 6.80. The van der Waals surface area contributed by atoms with Crippen LogP contribution in [0.4, 0.5) is 5.69 Å². The van der Waals surface area contributed by atoms with E-state index < -0.39 is 5.97 Å². The molecule has 0 aliphatic heterocycles. The van der Waals surface area contributed by atoms with Gasteiger partial charge in [-0.25, -0.2) is 4.79 Å². The molecular weight excluding hydrogens is 278 g/mol. The second-order valence-electron chi connectivity index (χ2n) is 5.07. The Kier molecular flexibility index (Phi) is 4.73. The van der Waals surface area contributed by atoms with E-state index in [9.17, 15) is 9.59 Å². The first kappa shape index (κ1) is 15.5. The van der Waals surface area contributed by atoms with E-state index in [1.165, 1.54) is 18.2 Å². The summed E-state index contributed by atoms with van der Waals surface area (Å²) in [5, 5.41) is 8.94. The predicted octanol–water partition coefficient (Wildman–Crippen LogP) is 3.35. The molecule has 0 aliphatic rings. The number of aromatic carboxylic acids is 1. The van der Waals surface area contributed by atoms with E-state index in [2.05, 4.69) is 0 Å². The molecule has 1 N–H and O–H groups in total. The number of anilines is 1. The first-order valence-corrected chi connectivity index (χ1v) is 6.80. The summed E-state index contributed by atoms with van der Waals surface area (Å²) >= 11 is 0. The van der Waals surface area contributed by atoms with Crippen LogP contribution in [0.5, 0.6) is 0 Å². The summed E-state index contributed by atoms with van der Waals surface area (Å²) in [5.74, 6) is -1.27. The van der Waals surface area contributed by atoms with Crippen molar-refractivity contribution in [2.75, 3.05) is 19.0 Å². The Morgan fingerprint density at radius 1 is 1.00 bits per heavy atom. The molecule has 0 heterocycles. The maximum Gasteiger partial charge on any atom is 0.335 e. The van der Waals surface area contributed by atoms with E-state index in [4.69, 9.17) is 5.11 Å². The quantitative estimate of drug-likeness (QED) is 0.679. The van der Waals surface area contributed by atoms with Crippen molar-refractivity contribution < 1.29 is 14.7 Å². The van der Waals surface area contributed by atoms with Crippen molar-refractivity contribution in [3.05, 3.63) is 71.3 Å². The zero-order chi connectivity index (χ0) is 16.1. The van der Waals surface area contributed by atoms with Crippen LogP contribution in [0.15, 0.2) is 54.6 Å². The summed E-state index contributed by atoms with van der Waals surface area (Å²) in [6.45, 7) is 0. The topological polar surface area (TPSA) is 57.6 Å². The van der Waals surface area contributed by atoms with Crippen molar-refractivity contribution in [1.82, 2.24) is 0 Å². The van der Waals surface area contributed by atoms with Crippen molar-refractivity contribution in [3.63, 3.8) is 0 Å². The zero-order valence-corrected chi connectivity index (χ0v) is 12.5. The Bertz CT molecular complexity index is 715. The molecule has 0 bridgehead atoms. The van der Waals surface area contributed by atoms with Gasteiger partial charge in [-0.05, 0) is 35.9 Å². The van der Waals surface area contributed by atoms with Gasteiger partial charge < -0.3 is 10.0 Å². The van der Waals surface area contributed by atoms with Gasteiger partial charge in [-0.3, -0.25) is 4.79 Å². The Balaban J connectivity index is 2.14. The smallest absolute Gasteiger partial charge is 0.335 e. The summed E-state index contributed by atoms with van der Waals surface area (Å²) in [7, 11) is 3.92. The number of rotatable bonds is 5. The van der Waals surface area contributed by atoms with Gasteiger partial charge in [-0.2, -0.15) is 0 Å². The summed E-state index contributed by atoms with van der Waals surface area (Å²) in [5.41, 5.74) is 2.46. The van der Waals surface area contributed by atoms with Gasteiger partial charge in [0.05, 0.1) is 5.56 Å². The summed E-state index contributed by atoms with van der Waals surface area (Å²) < 4.78 is 0. The minimum atomic E-state index is -1.04. The van der Waals surface area contributed by atoms with Gasteiger partial charge in [0.2, 0.25) is 0 Å². The molecule has 2 aromatic carbocycles. The molecular formula is C18H17NO3. The van der Waals surface area contributed by atoms with E-state index in [1.54, 1.807) is 18.2 Å². The Morgan fingerprint density at radius 2 is 1.64 bits per heavy atom. The van der Waals surface area contributed by atoms with Crippen LogP contribution in [0.3, 0.4) is 0 Å². The Hall–Kier alpha value is -2.88. The molecule has 4 heteroatoms. The number of hydrogen-bond donors (Lipinski definition) is 1. The van der Waals surface area contributed by atoms with Crippen LogP contribution in [-0.2, 0) is 0 Å². The van der Waals surface area contributed by atoms with E-state index in [0.717, 1.165) is 11.3 Å². The number of hydrogen-bond acceptors (Lipinski definition) is 3. The first-order chi connectivity index (χ1) is 10.5. The second-order valence-corrected chi connectivity index (χ2v) is 5.07. The maximum atomic E-state index is 12.1. The maximum absolute atomic E-state index is 12.1. The molecule has 0 unspecified atom stereocenters. The summed E-state index contributed by atoms with van der Waals surface area (Å²) in [4.78, 5) is 25.0. The highest BCUT2D eigenvalue weighted by Gasteiger charge is 2.07. The molecule has 0 saturated heterocycles. The number of benzene rings is 2. The Morgan fingerprint density at radius 3 is 2.23 bits per heavy atom. The van der Waals surface area contributed by atoms with Crippen LogP contribution in [0.25, 0.3) is 6.08 Å². The molecule has 22 heavy (non-hydrogen) atoms. The second kappa shape index (κ2) is 6.72. The van der Waals surface area contributed by atoms with Gasteiger partial charge in [0.15, 0.2) is 5.78 Å². The van der Waals surface area contributed by atoms with Gasteiger partial charge in [0, 0.05) is 25.3 Å². The van der Waals surface area contributed by atoms with Gasteiger partial charge in [-0.1, -0.05) is 30.3 Å². The summed E-state index contributed by atoms with van der Waals surface area (Å²) in [6.07, 6.45) is 3.17. The number of allylic oxidation sites excluding steroid dienone is 1. The highest BCUT2D eigenvalue weighted by molar-refractivity contribution is 6.07. The lowest BCUT2D eigenvalue weighted by Gasteiger charge is -2.11. The molecule has 0 aliphatic carbocycles. The molecule has 2 rings (SSSR count). The zero-order valence-electron chi connectivity index (χ0n) is 12.5. The lowest BCUT2D eigenvalue weighted by Crippen LogP contribution is -2.07. The lowest BCUT2D eigenvalue weighted by molar-refractivity contribution is 0.0697. The largest absolute Gasteiger partial charge is 0.478 e. The molecule has 0 amide bonds. The van der Waals surface area contributed by atoms with Gasteiger partial charge in [-0.15, -0.1) is 0 Å². The van der Waals surface area contributed by atoms with Crippen molar-refractivity contribution in [1.29, 1.82) is 0 Å². The molecule has 0 fully saturated rings. The minimum Gasteiger partial charge on any atom is -0.478 e. The fourth-order valence-corrected chi connectivity index (χ4v) is 1.96. The van der Waals surface area contributed by atoms with Crippen LogP contribution >= 0.6 is 0 Å². The molecule has 0 aromatic heterocycles. The Labute approximate surface area is 129 Å². The number of carbonyl (C=O) groups is 2. The van der Waals surface area contributed by atoms with E-state index in [0.29, 0.717) is 5.56 Å². The molecule has 0 atom stereocenters. The van der Waals surface area contributed by atoms with Gasteiger partial charge >= 0.3 is 5.97 Å². The highest BCUT2D eigenvalue weighted by Crippen LogP contribution is 2.14. The van der Waals surface area contributed by atoms with E-state index >= 15 is 0 Å². The SMILES string of the molecule is CN(C)c1ccc(/C=C/C(=O)c2cccc(C(=O)O)c2)cc1. The van der Waals surface area contributed by atoms with Crippen LogP contribution in [-0.4, -0.2) is 31.0 Å². The summed E-state index contributed by atoms with van der Waals surface area (Å²) in [6, 6.07) is 13.8. The van der Waals surface area contributed by atoms with Crippen LogP contribution in [0.1, 0.15) is 26.3 Å². The van der Waals surface area contributed by atoms with Crippen molar-refractivity contribution in [3.8, 4) is 0 Å². The van der Waals surface area contributed by atoms with Gasteiger partial charge in [0.1, 0.15) is 0 Å². The number of carboxylic acids is 1. The highest BCUT2D eigenvalue weighted by atomic mass is 16.4. The number of carboxylic acid groups (broad SMARTS) is 1. The minimum absolute atomic E-state index is 0.106. The third kappa shape index (κ3) is 3.82. The average molecular weight is 295 g/mol. The predicted molar refractivity (Wildman–Crippen MR) is 87.5 cm³/mol. The van der Waals surface area contributed by atoms with Crippen LogP contribution < -0.4 is 4.90 Å². The molecule has 0 saturated carbocycles. The van der Waals surface area contributed by atoms with Crippen molar-refractivity contribution in [2.24, 2.45) is 0 Å². The number of ketones is 1. The molecule has 112 valence electrons. The van der Waals surface area contributed by atoms with Crippen molar-refractivity contribution in [2.45, 2.75) is 0 Å². The van der Waals surface area contributed by atoms with Crippen LogP contribution in [0.2, 0.25) is 0 Å². The fourth-order valence-electron chi connectivity index (χ4n) is 1.96. The monoisotopic (exact) mass is 295 g/mol. The van der Waals surface area contributed by atoms with Crippen molar-refractivity contribution >= 4 is 23.5 Å². The van der Waals surface area contributed by atoms with Gasteiger partial charge in [0.25, 0.3) is 0 Å². The average Bonchev–Trinajstić information content (AvgIpc) is 2.53. The number of carbonyl (C=O) groups excluding carboxylic acids is 1. The standard InChI is InChI=1S/C18H17NO3/c1-19(2)16-9-6-13(7-10-16)8-11-17(20)14-4-3-5-15(12-14)18(21)22/h3-12H,1-2H3,(H,21,22)/b11-8+. The third-order valence-electron chi connectivity index (χ3n) is 3.23. The molecule has 2 aromatic rings. The van der Waals surface area contributed by atoms with E-state index in [-0.39, 0.29) is 11.3 Å². The number of nitrogens with zero attached hydrogens (tertiary/aromatic N) is 1. The van der Waals surface area contributed by atoms with E-state index in [1.807, 2.05) is 43.3 Å². The lowest BCUT2D eigenvalue weighted by atomic mass is 10.1. The fraction of sp³-hybridized carbons (Fsp3) is 0.111. The molecule has 0 spiro atoms.